The maximum absolute atomic E-state index is 10.9. The SMILES string of the molecule is CC(C)(Cc1cc(Cl)ccc1Cl)C(=O)O. The van der Waals surface area contributed by atoms with E-state index in [1.54, 1.807) is 32.0 Å². The Bertz CT molecular complexity index is 386. The first kappa shape index (κ1) is 12.3. The molecule has 0 spiro atoms. The third-order valence-electron chi connectivity index (χ3n) is 2.22. The van der Waals surface area contributed by atoms with Gasteiger partial charge in [0.15, 0.2) is 0 Å². The molecule has 0 fully saturated rings. The van der Waals surface area contributed by atoms with Crippen molar-refractivity contribution < 1.29 is 9.90 Å². The highest BCUT2D eigenvalue weighted by Crippen LogP contribution is 2.28. The number of rotatable bonds is 3. The molecule has 0 saturated heterocycles. The largest absolute Gasteiger partial charge is 0.481 e. The minimum atomic E-state index is -0.849. The van der Waals surface area contributed by atoms with E-state index in [1.165, 1.54) is 0 Å². The molecule has 0 aliphatic heterocycles. The van der Waals surface area contributed by atoms with E-state index in [9.17, 15) is 4.79 Å². The van der Waals surface area contributed by atoms with Crippen LogP contribution in [0.4, 0.5) is 0 Å². The van der Waals surface area contributed by atoms with Crippen LogP contribution in [0.15, 0.2) is 18.2 Å². The highest BCUT2D eigenvalue weighted by molar-refractivity contribution is 6.33. The molecule has 0 aliphatic carbocycles. The van der Waals surface area contributed by atoms with Crippen molar-refractivity contribution in [2.24, 2.45) is 5.41 Å². The third kappa shape index (κ3) is 3.11. The average Bonchev–Trinajstić information content (AvgIpc) is 2.10. The fraction of sp³-hybridized carbons (Fsp3) is 0.364. The zero-order valence-corrected chi connectivity index (χ0v) is 10.1. The molecule has 0 heterocycles. The van der Waals surface area contributed by atoms with Crippen molar-refractivity contribution in [2.75, 3.05) is 0 Å². The lowest BCUT2D eigenvalue weighted by Crippen LogP contribution is -2.26. The van der Waals surface area contributed by atoms with Crippen LogP contribution >= 0.6 is 23.2 Å². The number of hydrogen-bond donors (Lipinski definition) is 1. The topological polar surface area (TPSA) is 37.3 Å². The second kappa shape index (κ2) is 4.42. The van der Waals surface area contributed by atoms with E-state index in [1.807, 2.05) is 0 Å². The maximum atomic E-state index is 10.9. The highest BCUT2D eigenvalue weighted by Gasteiger charge is 2.28. The molecule has 0 aromatic heterocycles. The number of carboxylic acid groups (broad SMARTS) is 1. The molecule has 4 heteroatoms. The predicted molar refractivity (Wildman–Crippen MR) is 61.6 cm³/mol. The van der Waals surface area contributed by atoms with Crippen molar-refractivity contribution in [3.63, 3.8) is 0 Å². The summed E-state index contributed by atoms with van der Waals surface area (Å²) in [5.41, 5.74) is -0.0783. The van der Waals surface area contributed by atoms with Crippen molar-refractivity contribution in [1.82, 2.24) is 0 Å². The van der Waals surface area contributed by atoms with Gasteiger partial charge in [-0.2, -0.15) is 0 Å². The van der Waals surface area contributed by atoms with E-state index in [2.05, 4.69) is 0 Å². The molecule has 0 atom stereocenters. The molecule has 1 N–H and O–H groups in total. The summed E-state index contributed by atoms with van der Waals surface area (Å²) in [6, 6.07) is 5.06. The first-order valence-corrected chi connectivity index (χ1v) is 5.26. The molecule has 1 aromatic carbocycles. The molecule has 1 aromatic rings. The number of benzene rings is 1. The maximum Gasteiger partial charge on any atom is 0.309 e. The molecule has 0 bridgehead atoms. The van der Waals surface area contributed by atoms with E-state index in [0.29, 0.717) is 16.5 Å². The van der Waals surface area contributed by atoms with Gasteiger partial charge in [-0.25, -0.2) is 0 Å². The molecule has 0 unspecified atom stereocenters. The van der Waals surface area contributed by atoms with E-state index in [0.717, 1.165) is 5.56 Å². The second-order valence-corrected chi connectivity index (χ2v) is 4.95. The Balaban J connectivity index is 2.99. The van der Waals surface area contributed by atoms with Crippen LogP contribution in [0.3, 0.4) is 0 Å². The lowest BCUT2D eigenvalue weighted by molar-refractivity contribution is -0.146. The number of carbonyl (C=O) groups is 1. The van der Waals surface area contributed by atoms with Gasteiger partial charge in [0.1, 0.15) is 0 Å². The Labute approximate surface area is 98.8 Å². The molecule has 82 valence electrons. The number of carboxylic acids is 1. The first-order valence-electron chi connectivity index (χ1n) is 4.50. The third-order valence-corrected chi connectivity index (χ3v) is 2.82. The van der Waals surface area contributed by atoms with Gasteiger partial charge in [0.2, 0.25) is 0 Å². The molecule has 0 radical (unpaired) electrons. The zero-order valence-electron chi connectivity index (χ0n) is 8.55. The predicted octanol–water partition coefficient (Wildman–Crippen LogP) is 3.65. The zero-order chi connectivity index (χ0) is 11.6. The lowest BCUT2D eigenvalue weighted by atomic mass is 9.86. The number of hydrogen-bond acceptors (Lipinski definition) is 1. The van der Waals surface area contributed by atoms with Crippen molar-refractivity contribution in [3.8, 4) is 0 Å². The van der Waals surface area contributed by atoms with Gasteiger partial charge < -0.3 is 5.11 Å². The van der Waals surface area contributed by atoms with Gasteiger partial charge in [0.05, 0.1) is 5.41 Å². The van der Waals surface area contributed by atoms with E-state index >= 15 is 0 Å². The summed E-state index contributed by atoms with van der Waals surface area (Å²) in [7, 11) is 0. The Morgan fingerprint density at radius 1 is 1.40 bits per heavy atom. The molecule has 0 saturated carbocycles. The van der Waals surface area contributed by atoms with Gasteiger partial charge in [-0.1, -0.05) is 23.2 Å². The Morgan fingerprint density at radius 2 is 2.00 bits per heavy atom. The van der Waals surface area contributed by atoms with E-state index < -0.39 is 11.4 Å². The van der Waals surface area contributed by atoms with Crippen molar-refractivity contribution >= 4 is 29.2 Å². The van der Waals surface area contributed by atoms with Gasteiger partial charge in [-0.15, -0.1) is 0 Å². The average molecular weight is 247 g/mol. The summed E-state index contributed by atoms with van der Waals surface area (Å²) in [6.45, 7) is 3.32. The fourth-order valence-corrected chi connectivity index (χ4v) is 1.61. The van der Waals surface area contributed by atoms with Gasteiger partial charge in [-0.3, -0.25) is 4.79 Å². The lowest BCUT2D eigenvalue weighted by Gasteiger charge is -2.19. The Kier molecular flexibility index (Phi) is 3.63. The summed E-state index contributed by atoms with van der Waals surface area (Å²) in [4.78, 5) is 10.9. The summed E-state index contributed by atoms with van der Waals surface area (Å²) >= 11 is 11.8. The van der Waals surface area contributed by atoms with Crippen LogP contribution in [-0.4, -0.2) is 11.1 Å². The van der Waals surface area contributed by atoms with Crippen LogP contribution in [0.25, 0.3) is 0 Å². The molecular formula is C11H12Cl2O2. The Morgan fingerprint density at radius 3 is 2.53 bits per heavy atom. The molecule has 2 nitrogen and oxygen atoms in total. The van der Waals surface area contributed by atoms with Crippen LogP contribution in [0.1, 0.15) is 19.4 Å². The Hall–Kier alpha value is -0.730. The van der Waals surface area contributed by atoms with E-state index in [4.69, 9.17) is 28.3 Å². The van der Waals surface area contributed by atoms with Crippen molar-refractivity contribution in [1.29, 1.82) is 0 Å². The number of aliphatic carboxylic acids is 1. The highest BCUT2D eigenvalue weighted by atomic mass is 35.5. The summed E-state index contributed by atoms with van der Waals surface area (Å²) in [5, 5.41) is 10.1. The minimum Gasteiger partial charge on any atom is -0.481 e. The first-order chi connectivity index (χ1) is 6.83. The molecule has 0 aliphatic rings. The van der Waals surface area contributed by atoms with Crippen LogP contribution in [0.2, 0.25) is 10.0 Å². The normalized spacial score (nSPS) is 11.5. The molecular weight excluding hydrogens is 235 g/mol. The van der Waals surface area contributed by atoms with Crippen molar-refractivity contribution in [3.05, 3.63) is 33.8 Å². The minimum absolute atomic E-state index is 0.363. The molecule has 15 heavy (non-hydrogen) atoms. The van der Waals surface area contributed by atoms with Crippen LogP contribution < -0.4 is 0 Å². The summed E-state index contributed by atoms with van der Waals surface area (Å²) in [6.07, 6.45) is 0.363. The quantitative estimate of drug-likeness (QED) is 0.885. The van der Waals surface area contributed by atoms with Crippen molar-refractivity contribution in [2.45, 2.75) is 20.3 Å². The van der Waals surface area contributed by atoms with Crippen LogP contribution in [0.5, 0.6) is 0 Å². The van der Waals surface area contributed by atoms with Gasteiger partial charge >= 0.3 is 5.97 Å². The second-order valence-electron chi connectivity index (χ2n) is 4.10. The number of halogens is 2. The standard InChI is InChI=1S/C11H12Cl2O2/c1-11(2,10(14)15)6-7-5-8(12)3-4-9(7)13/h3-5H,6H2,1-2H3,(H,14,15). The molecule has 0 amide bonds. The smallest absolute Gasteiger partial charge is 0.309 e. The van der Waals surface area contributed by atoms with Crippen LogP contribution in [0, 0.1) is 5.41 Å². The van der Waals surface area contributed by atoms with Gasteiger partial charge in [-0.05, 0) is 44.0 Å². The van der Waals surface area contributed by atoms with E-state index in [-0.39, 0.29) is 0 Å². The van der Waals surface area contributed by atoms with Gasteiger partial charge in [0.25, 0.3) is 0 Å². The van der Waals surface area contributed by atoms with Crippen LogP contribution in [-0.2, 0) is 11.2 Å². The van der Waals surface area contributed by atoms with Gasteiger partial charge in [0, 0.05) is 10.0 Å². The monoisotopic (exact) mass is 246 g/mol. The fourth-order valence-electron chi connectivity index (χ4n) is 1.23. The summed E-state index contributed by atoms with van der Waals surface area (Å²) < 4.78 is 0. The summed E-state index contributed by atoms with van der Waals surface area (Å²) in [5.74, 6) is -0.849. The molecule has 1 rings (SSSR count).